The Kier molecular flexibility index (Phi) is 3.87. The van der Waals surface area contributed by atoms with Crippen LogP contribution in [-0.4, -0.2) is 28.3 Å². The van der Waals surface area contributed by atoms with Gasteiger partial charge in [0.15, 0.2) is 9.84 Å². The molecule has 0 saturated heterocycles. The first-order valence-electron chi connectivity index (χ1n) is 6.11. The van der Waals surface area contributed by atoms with Crippen molar-refractivity contribution in [3.63, 3.8) is 0 Å². The van der Waals surface area contributed by atoms with E-state index in [2.05, 4.69) is 4.72 Å². The van der Waals surface area contributed by atoms with Gasteiger partial charge in [-0.05, 0) is 37.1 Å². The molecule has 0 radical (unpaired) electrons. The van der Waals surface area contributed by atoms with Crippen LogP contribution in [0.2, 0.25) is 0 Å². The summed E-state index contributed by atoms with van der Waals surface area (Å²) in [6.07, 6.45) is 4.39. The molecule has 0 unspecified atom stereocenters. The van der Waals surface area contributed by atoms with Crippen LogP contribution in [-0.2, 0) is 19.9 Å². The van der Waals surface area contributed by atoms with E-state index in [9.17, 15) is 16.8 Å². The lowest BCUT2D eigenvalue weighted by Crippen LogP contribution is -2.17. The molecule has 0 heterocycles. The van der Waals surface area contributed by atoms with E-state index in [0.29, 0.717) is 18.5 Å². The molecular weight excluding hydrogens is 286 g/mol. The van der Waals surface area contributed by atoms with Crippen molar-refractivity contribution in [2.75, 3.05) is 11.0 Å². The van der Waals surface area contributed by atoms with Gasteiger partial charge in [0.25, 0.3) is 0 Å². The van der Waals surface area contributed by atoms with E-state index in [-0.39, 0.29) is 10.1 Å². The Morgan fingerprint density at radius 1 is 1.00 bits per heavy atom. The number of sulfone groups is 1. The maximum Gasteiger partial charge on any atom is 0.229 e. The highest BCUT2D eigenvalue weighted by molar-refractivity contribution is 7.92. The molecule has 0 atom stereocenters. The molecule has 1 aliphatic rings. The van der Waals surface area contributed by atoms with Crippen molar-refractivity contribution in [2.24, 2.45) is 0 Å². The largest absolute Gasteiger partial charge is 0.284 e. The first-order chi connectivity index (χ1) is 8.79. The molecule has 5 nitrogen and oxygen atoms in total. The lowest BCUT2D eigenvalue weighted by molar-refractivity contribution is 0.579. The Bertz CT molecular complexity index is 641. The number of sulfonamides is 1. The van der Waals surface area contributed by atoms with Crippen LogP contribution >= 0.6 is 0 Å². The van der Waals surface area contributed by atoms with E-state index in [1.165, 1.54) is 24.3 Å². The summed E-state index contributed by atoms with van der Waals surface area (Å²) in [5.41, 5.74) is 0.368. The molecule has 2 rings (SSSR count). The van der Waals surface area contributed by atoms with Crippen LogP contribution in [0.15, 0.2) is 29.2 Å². The lowest BCUT2D eigenvalue weighted by Gasteiger charge is -2.11. The van der Waals surface area contributed by atoms with Crippen LogP contribution in [0.25, 0.3) is 0 Å². The van der Waals surface area contributed by atoms with Gasteiger partial charge in [0.05, 0.1) is 16.4 Å². The molecule has 0 spiro atoms. The SMILES string of the molecule is CS(=O)(=O)Nc1ccc(S(=O)(=O)C2CCCC2)cc1. The van der Waals surface area contributed by atoms with Gasteiger partial charge >= 0.3 is 0 Å². The van der Waals surface area contributed by atoms with E-state index in [4.69, 9.17) is 0 Å². The molecule has 0 aromatic heterocycles. The average Bonchev–Trinajstić information content (AvgIpc) is 2.81. The van der Waals surface area contributed by atoms with E-state index >= 15 is 0 Å². The van der Waals surface area contributed by atoms with Gasteiger partial charge in [0.1, 0.15) is 0 Å². The van der Waals surface area contributed by atoms with Gasteiger partial charge in [0, 0.05) is 5.69 Å². The third-order valence-corrected chi connectivity index (χ3v) is 6.11. The quantitative estimate of drug-likeness (QED) is 0.919. The Labute approximate surface area is 114 Å². The third-order valence-electron chi connectivity index (χ3n) is 3.23. The summed E-state index contributed by atoms with van der Waals surface area (Å²) < 4.78 is 49.0. The van der Waals surface area contributed by atoms with Gasteiger partial charge in [0.2, 0.25) is 10.0 Å². The Morgan fingerprint density at radius 2 is 1.53 bits per heavy atom. The highest BCUT2D eigenvalue weighted by atomic mass is 32.2. The van der Waals surface area contributed by atoms with Crippen molar-refractivity contribution in [1.82, 2.24) is 0 Å². The van der Waals surface area contributed by atoms with Gasteiger partial charge < -0.3 is 0 Å². The molecule has 1 aromatic rings. The average molecular weight is 303 g/mol. The van der Waals surface area contributed by atoms with E-state index in [0.717, 1.165) is 19.1 Å². The minimum absolute atomic E-state index is 0.262. The fraction of sp³-hybridized carbons (Fsp3) is 0.500. The van der Waals surface area contributed by atoms with Crippen molar-refractivity contribution >= 4 is 25.5 Å². The molecular formula is C12H17NO4S2. The van der Waals surface area contributed by atoms with Gasteiger partial charge in [-0.15, -0.1) is 0 Å². The number of anilines is 1. The molecule has 19 heavy (non-hydrogen) atoms. The number of nitrogens with one attached hydrogen (secondary N) is 1. The van der Waals surface area contributed by atoms with E-state index in [1.807, 2.05) is 0 Å². The zero-order valence-electron chi connectivity index (χ0n) is 10.7. The first kappa shape index (κ1) is 14.3. The Morgan fingerprint density at radius 3 is 2.00 bits per heavy atom. The first-order valence-corrected chi connectivity index (χ1v) is 9.54. The summed E-state index contributed by atoms with van der Waals surface area (Å²) >= 11 is 0. The number of hydrogen-bond acceptors (Lipinski definition) is 4. The van der Waals surface area contributed by atoms with Crippen LogP contribution in [0.5, 0.6) is 0 Å². The molecule has 0 amide bonds. The minimum atomic E-state index is -3.34. The maximum absolute atomic E-state index is 12.3. The van der Waals surface area contributed by atoms with E-state index in [1.54, 1.807) is 0 Å². The van der Waals surface area contributed by atoms with Crippen molar-refractivity contribution in [3.8, 4) is 0 Å². The predicted octanol–water partition coefficient (Wildman–Crippen LogP) is 1.77. The number of benzene rings is 1. The monoisotopic (exact) mass is 303 g/mol. The van der Waals surface area contributed by atoms with Crippen molar-refractivity contribution in [3.05, 3.63) is 24.3 Å². The highest BCUT2D eigenvalue weighted by Crippen LogP contribution is 2.30. The van der Waals surface area contributed by atoms with Gasteiger partial charge in [-0.25, -0.2) is 16.8 Å². The normalized spacial score (nSPS) is 17.5. The molecule has 0 aliphatic heterocycles. The van der Waals surface area contributed by atoms with Crippen molar-refractivity contribution < 1.29 is 16.8 Å². The predicted molar refractivity (Wildman–Crippen MR) is 74.4 cm³/mol. The summed E-state index contributed by atoms with van der Waals surface area (Å²) in [5, 5.41) is -0.291. The fourth-order valence-corrected chi connectivity index (χ4v) is 4.74. The summed E-state index contributed by atoms with van der Waals surface area (Å²) in [6.45, 7) is 0. The standard InChI is InChI=1S/C12H17NO4S2/c1-18(14,15)13-10-6-8-12(9-7-10)19(16,17)11-4-2-3-5-11/h6-9,11,13H,2-5H2,1H3. The second-order valence-corrected chi connectivity index (χ2v) is 8.83. The molecule has 7 heteroatoms. The van der Waals surface area contributed by atoms with Gasteiger partial charge in [-0.2, -0.15) is 0 Å². The second kappa shape index (κ2) is 5.13. The van der Waals surface area contributed by atoms with E-state index < -0.39 is 19.9 Å². The van der Waals surface area contributed by atoms with Crippen molar-refractivity contribution in [1.29, 1.82) is 0 Å². The van der Waals surface area contributed by atoms with Crippen LogP contribution in [0.3, 0.4) is 0 Å². The Hall–Kier alpha value is -1.08. The van der Waals surface area contributed by atoms with Crippen molar-refractivity contribution in [2.45, 2.75) is 35.8 Å². The molecule has 1 aromatic carbocycles. The number of hydrogen-bond donors (Lipinski definition) is 1. The third kappa shape index (κ3) is 3.48. The second-order valence-electron chi connectivity index (χ2n) is 4.85. The summed E-state index contributed by atoms with van der Waals surface area (Å²) in [5.74, 6) is 0. The van der Waals surface area contributed by atoms with Crippen LogP contribution < -0.4 is 4.72 Å². The summed E-state index contributed by atoms with van der Waals surface area (Å²) in [7, 11) is -6.62. The van der Waals surface area contributed by atoms with Crippen LogP contribution in [0, 0.1) is 0 Å². The molecule has 1 N–H and O–H groups in total. The molecule has 0 bridgehead atoms. The maximum atomic E-state index is 12.3. The summed E-state index contributed by atoms with van der Waals surface area (Å²) in [4.78, 5) is 0.262. The highest BCUT2D eigenvalue weighted by Gasteiger charge is 2.30. The fourth-order valence-electron chi connectivity index (χ4n) is 2.32. The van der Waals surface area contributed by atoms with Gasteiger partial charge in [-0.1, -0.05) is 12.8 Å². The van der Waals surface area contributed by atoms with Crippen LogP contribution in [0.1, 0.15) is 25.7 Å². The smallest absolute Gasteiger partial charge is 0.229 e. The molecule has 1 aliphatic carbocycles. The number of rotatable bonds is 4. The van der Waals surface area contributed by atoms with Crippen LogP contribution in [0.4, 0.5) is 5.69 Å². The topological polar surface area (TPSA) is 80.3 Å². The lowest BCUT2D eigenvalue weighted by atomic mass is 10.3. The molecule has 1 saturated carbocycles. The van der Waals surface area contributed by atoms with Gasteiger partial charge in [-0.3, -0.25) is 4.72 Å². The zero-order chi connectivity index (χ0) is 14.1. The Balaban J connectivity index is 2.23. The molecule has 1 fully saturated rings. The zero-order valence-corrected chi connectivity index (χ0v) is 12.3. The minimum Gasteiger partial charge on any atom is -0.284 e. The molecule has 106 valence electrons. The summed E-state index contributed by atoms with van der Waals surface area (Å²) in [6, 6.07) is 5.87.